The molecule has 1 aromatic carbocycles. The van der Waals surface area contributed by atoms with Gasteiger partial charge in [-0.1, -0.05) is 11.6 Å². The van der Waals surface area contributed by atoms with Crippen molar-refractivity contribution in [3.05, 3.63) is 35.7 Å². The minimum absolute atomic E-state index is 0.149. The lowest BCUT2D eigenvalue weighted by atomic mass is 10.2. The third kappa shape index (κ3) is 2.33. The number of carbonyl (C=O) groups is 1. The summed E-state index contributed by atoms with van der Waals surface area (Å²) in [5, 5.41) is 0.149. The normalized spacial score (nSPS) is 11.2. The van der Waals surface area contributed by atoms with Gasteiger partial charge in [-0.15, -0.1) is 0 Å². The van der Waals surface area contributed by atoms with Crippen molar-refractivity contribution < 1.29 is 13.9 Å². The molecule has 0 fully saturated rings. The Morgan fingerprint density at radius 1 is 1.57 bits per heavy atom. The average molecular weight is 215 g/mol. The second-order valence-corrected chi connectivity index (χ2v) is 2.90. The number of halogens is 2. The molecule has 0 saturated heterocycles. The monoisotopic (exact) mass is 214 g/mol. The van der Waals surface area contributed by atoms with Crippen LogP contribution in [0.5, 0.6) is 5.75 Å². The molecule has 0 amide bonds. The fourth-order valence-electron chi connectivity index (χ4n) is 1.02. The average Bonchev–Trinajstić information content (AvgIpc) is 2.18. The zero-order valence-corrected chi connectivity index (χ0v) is 8.22. The van der Waals surface area contributed by atoms with Gasteiger partial charge in [-0.25, -0.2) is 4.39 Å². The number of hydrogen-bond acceptors (Lipinski definition) is 2. The highest BCUT2D eigenvalue weighted by Crippen LogP contribution is 2.28. The van der Waals surface area contributed by atoms with Gasteiger partial charge >= 0.3 is 0 Å². The summed E-state index contributed by atoms with van der Waals surface area (Å²) >= 11 is 5.75. The first kappa shape index (κ1) is 10.7. The van der Waals surface area contributed by atoms with E-state index in [0.29, 0.717) is 17.6 Å². The molecule has 1 rings (SSSR count). The molecule has 0 saturated carbocycles. The summed E-state index contributed by atoms with van der Waals surface area (Å²) in [6.07, 6.45) is 1.67. The van der Waals surface area contributed by atoms with E-state index in [2.05, 4.69) is 0 Å². The van der Waals surface area contributed by atoms with Crippen LogP contribution in [-0.2, 0) is 4.79 Å². The third-order valence-corrected chi connectivity index (χ3v) is 1.96. The van der Waals surface area contributed by atoms with E-state index in [-0.39, 0.29) is 5.03 Å². The molecular formula is C10H8ClFO2. The van der Waals surface area contributed by atoms with Crippen molar-refractivity contribution in [1.29, 1.82) is 0 Å². The summed E-state index contributed by atoms with van der Waals surface area (Å²) in [5.74, 6) is -0.00671. The minimum Gasteiger partial charge on any atom is -0.496 e. The molecule has 1 aromatic rings. The Labute approximate surface area is 85.9 Å². The zero-order chi connectivity index (χ0) is 10.6. The quantitative estimate of drug-likeness (QED) is 0.571. The summed E-state index contributed by atoms with van der Waals surface area (Å²) in [6.45, 7) is 0. The predicted molar refractivity (Wildman–Crippen MR) is 52.8 cm³/mol. The van der Waals surface area contributed by atoms with Gasteiger partial charge in [0.05, 0.1) is 12.1 Å². The number of ether oxygens (including phenoxy) is 1. The third-order valence-electron chi connectivity index (χ3n) is 1.63. The molecule has 0 heterocycles. The Kier molecular flexibility index (Phi) is 3.65. The molecule has 0 spiro atoms. The van der Waals surface area contributed by atoms with E-state index in [9.17, 15) is 9.18 Å². The maximum atomic E-state index is 12.9. The Hall–Kier alpha value is -1.35. The van der Waals surface area contributed by atoms with Crippen molar-refractivity contribution in [2.75, 3.05) is 7.11 Å². The van der Waals surface area contributed by atoms with Crippen LogP contribution in [0.4, 0.5) is 4.39 Å². The molecule has 0 bridgehead atoms. The lowest BCUT2D eigenvalue weighted by molar-refractivity contribution is -0.104. The number of carbonyl (C=O) groups excluding carboxylic acids is 1. The minimum atomic E-state index is -0.432. The van der Waals surface area contributed by atoms with Crippen LogP contribution >= 0.6 is 11.6 Å². The second-order valence-electron chi connectivity index (χ2n) is 2.50. The number of hydrogen-bond donors (Lipinski definition) is 0. The van der Waals surface area contributed by atoms with Gasteiger partial charge in [-0.2, -0.15) is 0 Å². The van der Waals surface area contributed by atoms with Crippen molar-refractivity contribution in [3.63, 3.8) is 0 Å². The molecule has 0 aromatic heterocycles. The van der Waals surface area contributed by atoms with E-state index < -0.39 is 5.82 Å². The standard InChI is InChI=1S/C10H8ClFO2/c1-14-10-3-2-7(12)6-8(10)9(11)4-5-13/h2-6H,1H3. The Bertz CT molecular complexity index is 374. The highest BCUT2D eigenvalue weighted by atomic mass is 35.5. The maximum Gasteiger partial charge on any atom is 0.144 e. The van der Waals surface area contributed by atoms with E-state index in [1.165, 1.54) is 25.3 Å². The van der Waals surface area contributed by atoms with E-state index in [1.54, 1.807) is 0 Å². The molecule has 0 N–H and O–H groups in total. The molecule has 14 heavy (non-hydrogen) atoms. The number of allylic oxidation sites excluding steroid dienone is 1. The van der Waals surface area contributed by atoms with Crippen LogP contribution < -0.4 is 4.74 Å². The molecule has 2 nitrogen and oxygen atoms in total. The molecule has 0 atom stereocenters. The van der Waals surface area contributed by atoms with Crippen molar-refractivity contribution in [3.8, 4) is 5.75 Å². The molecule has 0 unspecified atom stereocenters. The van der Waals surface area contributed by atoms with Gasteiger partial charge in [-0.05, 0) is 24.3 Å². The molecular weight excluding hydrogens is 207 g/mol. The smallest absolute Gasteiger partial charge is 0.144 e. The molecule has 0 aliphatic heterocycles. The van der Waals surface area contributed by atoms with Gasteiger partial charge in [0, 0.05) is 5.56 Å². The van der Waals surface area contributed by atoms with Gasteiger partial charge in [0.25, 0.3) is 0 Å². The van der Waals surface area contributed by atoms with Crippen LogP contribution in [0.25, 0.3) is 5.03 Å². The van der Waals surface area contributed by atoms with E-state index in [1.807, 2.05) is 0 Å². The highest BCUT2D eigenvalue weighted by molar-refractivity contribution is 6.50. The van der Waals surface area contributed by atoms with Crippen LogP contribution in [0.15, 0.2) is 24.3 Å². The van der Waals surface area contributed by atoms with Crippen LogP contribution in [0.1, 0.15) is 5.56 Å². The maximum absolute atomic E-state index is 12.9. The Morgan fingerprint density at radius 3 is 2.86 bits per heavy atom. The lowest BCUT2D eigenvalue weighted by Gasteiger charge is -2.06. The zero-order valence-electron chi connectivity index (χ0n) is 7.46. The van der Waals surface area contributed by atoms with E-state index in [0.717, 1.165) is 6.08 Å². The number of methoxy groups -OCH3 is 1. The number of rotatable bonds is 3. The van der Waals surface area contributed by atoms with Crippen LogP contribution in [0, 0.1) is 5.82 Å². The van der Waals surface area contributed by atoms with Crippen LogP contribution in [-0.4, -0.2) is 13.4 Å². The summed E-state index contributed by atoms with van der Waals surface area (Å²) < 4.78 is 17.8. The van der Waals surface area contributed by atoms with Gasteiger partial charge in [0.1, 0.15) is 17.9 Å². The summed E-state index contributed by atoms with van der Waals surface area (Å²) in [4.78, 5) is 10.2. The first-order valence-corrected chi connectivity index (χ1v) is 4.21. The van der Waals surface area contributed by atoms with Gasteiger partial charge in [-0.3, -0.25) is 4.79 Å². The number of benzene rings is 1. The Balaban J connectivity index is 3.23. The molecule has 0 aliphatic carbocycles. The highest BCUT2D eigenvalue weighted by Gasteiger charge is 2.07. The largest absolute Gasteiger partial charge is 0.496 e. The lowest BCUT2D eigenvalue weighted by Crippen LogP contribution is -1.90. The van der Waals surface area contributed by atoms with Gasteiger partial charge in [0.15, 0.2) is 0 Å². The fourth-order valence-corrected chi connectivity index (χ4v) is 1.22. The molecule has 4 heteroatoms. The SMILES string of the molecule is COc1ccc(F)cc1C(Cl)=CC=O. The second kappa shape index (κ2) is 4.77. The summed E-state index contributed by atoms with van der Waals surface area (Å²) in [5.41, 5.74) is 0.362. The first-order chi connectivity index (χ1) is 6.69. The number of aldehydes is 1. The van der Waals surface area contributed by atoms with Crippen molar-refractivity contribution >= 4 is 22.9 Å². The van der Waals surface area contributed by atoms with Gasteiger partial charge < -0.3 is 4.74 Å². The van der Waals surface area contributed by atoms with Gasteiger partial charge in [0.2, 0.25) is 0 Å². The first-order valence-electron chi connectivity index (χ1n) is 3.84. The van der Waals surface area contributed by atoms with E-state index in [4.69, 9.17) is 16.3 Å². The summed E-state index contributed by atoms with van der Waals surface area (Å²) in [7, 11) is 1.45. The molecule has 0 radical (unpaired) electrons. The van der Waals surface area contributed by atoms with Crippen molar-refractivity contribution in [1.82, 2.24) is 0 Å². The van der Waals surface area contributed by atoms with Crippen molar-refractivity contribution in [2.45, 2.75) is 0 Å². The fraction of sp³-hybridized carbons (Fsp3) is 0.100. The van der Waals surface area contributed by atoms with Crippen LogP contribution in [0.3, 0.4) is 0 Å². The van der Waals surface area contributed by atoms with Crippen LogP contribution in [0.2, 0.25) is 0 Å². The van der Waals surface area contributed by atoms with E-state index >= 15 is 0 Å². The predicted octanol–water partition coefficient (Wildman–Crippen LogP) is 2.61. The van der Waals surface area contributed by atoms with Crippen molar-refractivity contribution in [2.24, 2.45) is 0 Å². The molecule has 74 valence electrons. The summed E-state index contributed by atoms with van der Waals surface area (Å²) in [6, 6.07) is 3.92. The topological polar surface area (TPSA) is 26.3 Å². The Morgan fingerprint density at radius 2 is 2.29 bits per heavy atom. The molecule has 0 aliphatic rings.